The van der Waals surface area contributed by atoms with Crippen LogP contribution in [0.3, 0.4) is 0 Å². The van der Waals surface area contributed by atoms with Gasteiger partial charge in [0.15, 0.2) is 0 Å². The highest BCUT2D eigenvalue weighted by molar-refractivity contribution is 5.99. The summed E-state index contributed by atoms with van der Waals surface area (Å²) < 4.78 is 0. The Morgan fingerprint density at radius 3 is 2.04 bits per heavy atom. The van der Waals surface area contributed by atoms with Crippen LogP contribution in [-0.2, 0) is 14.4 Å². The van der Waals surface area contributed by atoms with Gasteiger partial charge >= 0.3 is 0 Å². The molecule has 1 saturated heterocycles. The highest BCUT2D eigenvalue weighted by Gasteiger charge is 2.49. The number of carbonyl (C=O) groups is 3. The fourth-order valence-electron chi connectivity index (χ4n) is 3.52. The fourth-order valence-corrected chi connectivity index (χ4v) is 3.52. The van der Waals surface area contributed by atoms with E-state index in [1.165, 1.54) is 0 Å². The minimum atomic E-state index is -0.237. The first-order chi connectivity index (χ1) is 11.8. The highest BCUT2D eigenvalue weighted by atomic mass is 16.2. The Balaban J connectivity index is 1.52. The Morgan fingerprint density at radius 2 is 1.48 bits per heavy atom. The summed E-state index contributed by atoms with van der Waals surface area (Å²) in [4.78, 5) is 39.8. The largest absolute Gasteiger partial charge is 0.339 e. The molecular formula is C19H25N3O3. The van der Waals surface area contributed by atoms with Crippen LogP contribution in [0.2, 0.25) is 0 Å². The van der Waals surface area contributed by atoms with E-state index in [2.05, 4.69) is 11.4 Å². The molecule has 2 aliphatic rings. The number of aryl methyl sites for hydroxylation is 2. The monoisotopic (exact) mass is 343 g/mol. The first-order valence-electron chi connectivity index (χ1n) is 8.78. The Hall–Kier alpha value is -2.37. The van der Waals surface area contributed by atoms with Gasteiger partial charge in [-0.15, -0.1) is 0 Å². The maximum atomic E-state index is 12.6. The maximum absolute atomic E-state index is 12.6. The van der Waals surface area contributed by atoms with Gasteiger partial charge in [-0.1, -0.05) is 6.07 Å². The van der Waals surface area contributed by atoms with Gasteiger partial charge in [-0.25, -0.2) is 0 Å². The summed E-state index contributed by atoms with van der Waals surface area (Å²) in [6.45, 7) is 7.80. The van der Waals surface area contributed by atoms with Crippen LogP contribution in [0.1, 0.15) is 24.5 Å². The molecule has 1 aliphatic carbocycles. The molecule has 0 bridgehead atoms. The number of nitrogens with zero attached hydrogens (tertiary/aromatic N) is 2. The van der Waals surface area contributed by atoms with Crippen LogP contribution in [-0.4, -0.2) is 53.7 Å². The first kappa shape index (κ1) is 17.5. The minimum Gasteiger partial charge on any atom is -0.339 e. The molecule has 2 unspecified atom stereocenters. The van der Waals surface area contributed by atoms with Gasteiger partial charge in [-0.05, 0) is 43.5 Å². The van der Waals surface area contributed by atoms with Crippen molar-refractivity contribution in [2.24, 2.45) is 11.8 Å². The van der Waals surface area contributed by atoms with Crippen molar-refractivity contribution in [2.45, 2.75) is 27.2 Å². The second kappa shape index (κ2) is 6.86. The Bertz CT molecular complexity index is 688. The Kier molecular flexibility index (Phi) is 4.79. The highest BCUT2D eigenvalue weighted by Crippen LogP contribution is 2.41. The molecule has 6 heteroatoms. The normalized spacial score (nSPS) is 22.5. The molecule has 3 rings (SSSR count). The van der Waals surface area contributed by atoms with Crippen molar-refractivity contribution in [3.63, 3.8) is 0 Å². The summed E-state index contributed by atoms with van der Waals surface area (Å²) in [5.41, 5.74) is 2.99. The van der Waals surface area contributed by atoms with Gasteiger partial charge in [0.25, 0.3) is 0 Å². The topological polar surface area (TPSA) is 69.7 Å². The van der Waals surface area contributed by atoms with E-state index < -0.39 is 0 Å². The predicted octanol–water partition coefficient (Wildman–Crippen LogP) is 1.57. The van der Waals surface area contributed by atoms with Crippen molar-refractivity contribution in [2.75, 3.05) is 31.5 Å². The zero-order chi connectivity index (χ0) is 18.1. The third-order valence-corrected chi connectivity index (χ3v) is 4.97. The summed E-state index contributed by atoms with van der Waals surface area (Å²) in [5, 5.41) is 2.93. The third kappa shape index (κ3) is 4.00. The first-order valence-corrected chi connectivity index (χ1v) is 8.78. The second-order valence-corrected chi connectivity index (χ2v) is 7.15. The van der Waals surface area contributed by atoms with E-state index in [1.807, 2.05) is 26.0 Å². The van der Waals surface area contributed by atoms with Crippen LogP contribution in [0.15, 0.2) is 18.2 Å². The van der Waals surface area contributed by atoms with Crippen molar-refractivity contribution in [1.82, 2.24) is 9.80 Å². The third-order valence-electron chi connectivity index (χ3n) is 4.97. The van der Waals surface area contributed by atoms with Gasteiger partial charge < -0.3 is 15.1 Å². The summed E-state index contributed by atoms with van der Waals surface area (Å²) in [7, 11) is 0. The lowest BCUT2D eigenvalue weighted by Gasteiger charge is -2.34. The molecule has 134 valence electrons. The van der Waals surface area contributed by atoms with E-state index in [0.717, 1.165) is 16.8 Å². The lowest BCUT2D eigenvalue weighted by Crippen LogP contribution is -2.50. The Morgan fingerprint density at radius 1 is 0.920 bits per heavy atom. The minimum absolute atomic E-state index is 0.0452. The zero-order valence-corrected chi connectivity index (χ0v) is 15.0. The number of carbonyl (C=O) groups excluding carboxylic acids is 3. The average molecular weight is 343 g/mol. The van der Waals surface area contributed by atoms with Gasteiger partial charge in [0.05, 0.1) is 11.8 Å². The molecule has 1 saturated carbocycles. The van der Waals surface area contributed by atoms with Crippen molar-refractivity contribution >= 4 is 23.4 Å². The zero-order valence-electron chi connectivity index (χ0n) is 15.0. The van der Waals surface area contributed by atoms with Gasteiger partial charge in [-0.3, -0.25) is 14.4 Å². The molecular weight excluding hydrogens is 318 g/mol. The summed E-state index contributed by atoms with van der Waals surface area (Å²) in [5.74, 6) is -0.437. The van der Waals surface area contributed by atoms with Gasteiger partial charge in [0.2, 0.25) is 17.7 Å². The van der Waals surface area contributed by atoms with Crippen LogP contribution < -0.4 is 5.32 Å². The lowest BCUT2D eigenvalue weighted by atomic mass is 10.1. The molecule has 1 N–H and O–H groups in total. The van der Waals surface area contributed by atoms with Crippen molar-refractivity contribution < 1.29 is 14.4 Å². The number of hydrogen-bond acceptors (Lipinski definition) is 3. The lowest BCUT2D eigenvalue weighted by molar-refractivity contribution is -0.139. The molecule has 2 atom stereocenters. The maximum Gasteiger partial charge on any atom is 0.228 e. The smallest absolute Gasteiger partial charge is 0.228 e. The van der Waals surface area contributed by atoms with Crippen LogP contribution in [0.25, 0.3) is 0 Å². The fraction of sp³-hybridized carbons (Fsp3) is 0.526. The quantitative estimate of drug-likeness (QED) is 0.906. The molecule has 2 fully saturated rings. The number of anilines is 1. The molecule has 1 heterocycles. The van der Waals surface area contributed by atoms with Crippen molar-refractivity contribution in [1.29, 1.82) is 0 Å². The summed E-state index contributed by atoms with van der Waals surface area (Å²) >= 11 is 0. The van der Waals surface area contributed by atoms with Gasteiger partial charge in [0, 0.05) is 38.8 Å². The van der Waals surface area contributed by atoms with E-state index in [-0.39, 0.29) is 29.6 Å². The SMILES string of the molecule is CC(=O)N1CCN(C(=O)C2CC2C(=O)Nc2cc(C)cc(C)c2)CC1. The average Bonchev–Trinajstić information content (AvgIpc) is 3.34. The van der Waals surface area contributed by atoms with E-state index >= 15 is 0 Å². The number of benzene rings is 1. The molecule has 1 aromatic rings. The summed E-state index contributed by atoms with van der Waals surface area (Å²) in [6, 6.07) is 5.93. The molecule has 0 aromatic heterocycles. The number of rotatable bonds is 3. The molecule has 1 aliphatic heterocycles. The molecule has 3 amide bonds. The van der Waals surface area contributed by atoms with E-state index in [9.17, 15) is 14.4 Å². The number of hydrogen-bond donors (Lipinski definition) is 1. The second-order valence-electron chi connectivity index (χ2n) is 7.15. The van der Waals surface area contributed by atoms with E-state index in [1.54, 1.807) is 16.7 Å². The summed E-state index contributed by atoms with van der Waals surface area (Å²) in [6.07, 6.45) is 0.613. The van der Waals surface area contributed by atoms with Gasteiger partial charge in [0.1, 0.15) is 0 Å². The van der Waals surface area contributed by atoms with E-state index in [4.69, 9.17) is 0 Å². The van der Waals surface area contributed by atoms with Crippen LogP contribution >= 0.6 is 0 Å². The molecule has 25 heavy (non-hydrogen) atoms. The van der Waals surface area contributed by atoms with Gasteiger partial charge in [-0.2, -0.15) is 0 Å². The Labute approximate surface area is 148 Å². The predicted molar refractivity (Wildman–Crippen MR) is 95.0 cm³/mol. The number of amides is 3. The number of nitrogens with one attached hydrogen (secondary N) is 1. The number of piperazine rings is 1. The molecule has 6 nitrogen and oxygen atoms in total. The van der Waals surface area contributed by atoms with E-state index in [0.29, 0.717) is 32.6 Å². The van der Waals surface area contributed by atoms with Crippen molar-refractivity contribution in [3.8, 4) is 0 Å². The van der Waals surface area contributed by atoms with Crippen LogP contribution in [0, 0.1) is 25.7 Å². The standard InChI is InChI=1S/C19H25N3O3/c1-12-8-13(2)10-15(9-12)20-18(24)16-11-17(16)19(25)22-6-4-21(5-7-22)14(3)23/h8-10,16-17H,4-7,11H2,1-3H3,(H,20,24). The van der Waals surface area contributed by atoms with Crippen LogP contribution in [0.4, 0.5) is 5.69 Å². The molecule has 0 spiro atoms. The van der Waals surface area contributed by atoms with Crippen LogP contribution in [0.5, 0.6) is 0 Å². The van der Waals surface area contributed by atoms with Crippen molar-refractivity contribution in [3.05, 3.63) is 29.3 Å². The molecule has 1 aromatic carbocycles. The molecule has 0 radical (unpaired) electrons.